The van der Waals surface area contributed by atoms with E-state index >= 15 is 0 Å². The van der Waals surface area contributed by atoms with Crippen molar-refractivity contribution >= 4 is 11.9 Å². The van der Waals surface area contributed by atoms with Crippen LogP contribution in [0.15, 0.2) is 12.2 Å². The molecule has 12 heteroatoms. The van der Waals surface area contributed by atoms with Crippen molar-refractivity contribution in [3.05, 3.63) is 12.2 Å². The van der Waals surface area contributed by atoms with E-state index in [4.69, 9.17) is 25.7 Å². The zero-order valence-corrected chi connectivity index (χ0v) is 37.4. The smallest absolute Gasteiger partial charge is 0.314 e. The van der Waals surface area contributed by atoms with Gasteiger partial charge in [0.2, 0.25) is 5.91 Å². The number of aliphatic hydroxyl groups excluding tert-OH is 1. The first-order valence-electron chi connectivity index (χ1n) is 24.6. The average molecular weight is 831 g/mol. The van der Waals surface area contributed by atoms with Gasteiger partial charge in [0.15, 0.2) is 0 Å². The highest BCUT2D eigenvalue weighted by Crippen LogP contribution is 2.49. The van der Waals surface area contributed by atoms with E-state index in [0.29, 0.717) is 51.7 Å². The molecule has 0 radical (unpaired) electrons. The van der Waals surface area contributed by atoms with Crippen LogP contribution < -0.4 is 22.1 Å². The van der Waals surface area contributed by atoms with Gasteiger partial charge in [0.25, 0.3) is 0 Å². The number of carbonyl (C=O) groups is 2. The molecule has 5 aliphatic heterocycles. The van der Waals surface area contributed by atoms with Crippen LogP contribution in [0.3, 0.4) is 0 Å². The Balaban J connectivity index is 0.957. The molecule has 7 N–H and O–H groups in total. The van der Waals surface area contributed by atoms with Crippen LogP contribution in [-0.4, -0.2) is 108 Å². The number of allylic oxidation sites excluding steroid dienone is 1. The maximum atomic E-state index is 14.2. The lowest BCUT2D eigenvalue weighted by Crippen LogP contribution is -2.81. The molecule has 2 spiro atoms. The summed E-state index contributed by atoms with van der Waals surface area (Å²) in [4.78, 5) is 31.3. The first kappa shape index (κ1) is 48.4. The quantitative estimate of drug-likeness (QED) is 0.0326. The molecule has 0 aromatic rings. The monoisotopic (exact) mass is 831 g/mol. The summed E-state index contributed by atoms with van der Waals surface area (Å²) in [6.45, 7) is 6.84. The largest absolute Gasteiger partial charge is 0.465 e. The number of nitrogens with zero attached hydrogens (tertiary/aromatic N) is 2. The van der Waals surface area contributed by atoms with Gasteiger partial charge in [0, 0.05) is 38.0 Å². The van der Waals surface area contributed by atoms with E-state index in [2.05, 4.69) is 41.5 Å². The molecule has 9 unspecified atom stereocenters. The van der Waals surface area contributed by atoms with Crippen molar-refractivity contribution in [2.24, 2.45) is 17.4 Å². The number of nitrogens with two attached hydrogens (primary N) is 2. The number of hydrogen-bond donors (Lipinski definition) is 5. The lowest BCUT2D eigenvalue weighted by molar-refractivity contribution is -0.258. The van der Waals surface area contributed by atoms with E-state index in [1.54, 1.807) is 4.90 Å². The van der Waals surface area contributed by atoms with Crippen molar-refractivity contribution in [3.8, 4) is 0 Å². The first-order chi connectivity index (χ1) is 28.8. The molecule has 5 rings (SSSR count). The standard InChI is InChI=1S/C47H86N6O6/c1-3-22-40-24-20-30-47(59-40)43(41-27-26-37-35-46(50-45(51-47)53(37)41)29-18-17-23-39(4-2)58-46)44(56)57-34-19-15-13-11-9-7-5-6-8-10-12-14-16-25-42(55)52(33-21-31-48)36-38(54)28-32-49/h17,23,37-41,43,45,50-51,54H,3-16,18-22,24-36,48-49H2,1-2H3. The molecule has 59 heavy (non-hydrogen) atoms. The average Bonchev–Trinajstić information content (AvgIpc) is 3.53. The molecule has 0 aromatic carbocycles. The Morgan fingerprint density at radius 3 is 2.29 bits per heavy atom. The summed E-state index contributed by atoms with van der Waals surface area (Å²) in [7, 11) is 0. The fourth-order valence-corrected chi connectivity index (χ4v) is 10.9. The van der Waals surface area contributed by atoms with E-state index in [-0.39, 0.29) is 48.1 Å². The van der Waals surface area contributed by atoms with Gasteiger partial charge in [-0.05, 0) is 96.6 Å². The van der Waals surface area contributed by atoms with Gasteiger partial charge in [-0.2, -0.15) is 0 Å². The van der Waals surface area contributed by atoms with Gasteiger partial charge in [-0.25, -0.2) is 0 Å². The lowest BCUT2D eigenvalue weighted by atomic mass is 9.79. The summed E-state index contributed by atoms with van der Waals surface area (Å²) in [5, 5.41) is 18.1. The van der Waals surface area contributed by atoms with Crippen LogP contribution in [0.2, 0.25) is 0 Å². The zero-order valence-electron chi connectivity index (χ0n) is 37.4. The molecule has 5 aliphatic rings. The Kier molecular flexibility index (Phi) is 20.9. The highest BCUT2D eigenvalue weighted by atomic mass is 16.6. The Morgan fingerprint density at radius 1 is 0.898 bits per heavy atom. The topological polar surface area (TPSA) is 165 Å². The number of aliphatic hydroxyl groups is 1. The first-order valence-corrected chi connectivity index (χ1v) is 24.6. The molecule has 0 aliphatic carbocycles. The number of ether oxygens (including phenoxy) is 3. The van der Waals surface area contributed by atoms with E-state index in [9.17, 15) is 14.7 Å². The normalized spacial score (nSPS) is 31.0. The van der Waals surface area contributed by atoms with Gasteiger partial charge in [-0.1, -0.05) is 103 Å². The minimum Gasteiger partial charge on any atom is -0.465 e. The van der Waals surface area contributed by atoms with E-state index in [1.807, 2.05) is 0 Å². The Bertz CT molecular complexity index is 1260. The van der Waals surface area contributed by atoms with Gasteiger partial charge < -0.3 is 35.7 Å². The van der Waals surface area contributed by atoms with Gasteiger partial charge in [-0.15, -0.1) is 0 Å². The fourth-order valence-electron chi connectivity index (χ4n) is 10.9. The minimum atomic E-state index is -0.724. The zero-order chi connectivity index (χ0) is 41.9. The van der Waals surface area contributed by atoms with Gasteiger partial charge in [0.05, 0.1) is 24.9 Å². The molecule has 0 bridgehead atoms. The third-order valence-electron chi connectivity index (χ3n) is 14.0. The molecule has 0 aromatic heterocycles. The fraction of sp³-hybridized carbons (Fsp3) is 0.915. The molecule has 4 fully saturated rings. The third kappa shape index (κ3) is 14.2. The van der Waals surface area contributed by atoms with Crippen molar-refractivity contribution in [2.45, 2.75) is 235 Å². The molecule has 12 nitrogen and oxygen atoms in total. The number of carbonyl (C=O) groups excluding carboxylic acids is 2. The third-order valence-corrected chi connectivity index (χ3v) is 14.0. The molecule has 340 valence electrons. The maximum absolute atomic E-state index is 14.2. The van der Waals surface area contributed by atoms with Gasteiger partial charge in [0.1, 0.15) is 23.7 Å². The summed E-state index contributed by atoms with van der Waals surface area (Å²) in [6, 6.07) is 0.464. The summed E-state index contributed by atoms with van der Waals surface area (Å²) >= 11 is 0. The van der Waals surface area contributed by atoms with Crippen LogP contribution in [0.5, 0.6) is 0 Å². The van der Waals surface area contributed by atoms with Gasteiger partial charge >= 0.3 is 5.97 Å². The predicted octanol–water partition coefficient (Wildman–Crippen LogP) is 7.11. The van der Waals surface area contributed by atoms with Crippen LogP contribution in [0.25, 0.3) is 0 Å². The Labute approximate surface area is 358 Å². The SMILES string of the molecule is CCCC1CCCC2(NC3NC4(CCC=CC(CC)O4)CC4CCC(C2C(=O)OCCCCCCCCCCCCCCCC(=O)N(CCCN)CC(O)CCN)N43)O1. The second-order valence-electron chi connectivity index (χ2n) is 18.7. The summed E-state index contributed by atoms with van der Waals surface area (Å²) in [5.74, 6) is -0.287. The van der Waals surface area contributed by atoms with Crippen LogP contribution >= 0.6 is 0 Å². The number of nitrogens with one attached hydrogen (secondary N) is 2. The molecule has 4 saturated heterocycles. The number of rotatable bonds is 27. The number of hydrogen-bond acceptors (Lipinski definition) is 11. The molecule has 5 heterocycles. The van der Waals surface area contributed by atoms with Crippen molar-refractivity contribution in [1.29, 1.82) is 0 Å². The van der Waals surface area contributed by atoms with Crippen LogP contribution in [-0.2, 0) is 23.8 Å². The Morgan fingerprint density at radius 2 is 1.61 bits per heavy atom. The summed E-state index contributed by atoms with van der Waals surface area (Å²) < 4.78 is 20.1. The van der Waals surface area contributed by atoms with Gasteiger partial charge in [-0.3, -0.25) is 25.1 Å². The highest BCUT2D eigenvalue weighted by Gasteiger charge is 2.64. The number of esters is 1. The predicted molar refractivity (Wildman–Crippen MR) is 235 cm³/mol. The molecular formula is C47H86N6O6. The number of amides is 1. The highest BCUT2D eigenvalue weighted by molar-refractivity contribution is 5.76. The maximum Gasteiger partial charge on any atom is 0.314 e. The van der Waals surface area contributed by atoms with E-state index in [0.717, 1.165) is 103 Å². The summed E-state index contributed by atoms with van der Waals surface area (Å²) in [6.07, 6.45) is 32.1. The molecular weight excluding hydrogens is 745 g/mol. The van der Waals surface area contributed by atoms with E-state index in [1.165, 1.54) is 57.8 Å². The minimum absolute atomic E-state index is 0.0757. The summed E-state index contributed by atoms with van der Waals surface area (Å²) in [5.41, 5.74) is 10.1. The van der Waals surface area contributed by atoms with Crippen molar-refractivity contribution in [3.63, 3.8) is 0 Å². The Hall–Kier alpha value is -1.64. The van der Waals surface area contributed by atoms with Crippen LogP contribution in [0, 0.1) is 5.92 Å². The number of unbranched alkanes of at least 4 members (excludes halogenated alkanes) is 12. The van der Waals surface area contributed by atoms with Crippen molar-refractivity contribution in [2.75, 3.05) is 32.8 Å². The second-order valence-corrected chi connectivity index (χ2v) is 18.7. The van der Waals surface area contributed by atoms with Crippen molar-refractivity contribution in [1.82, 2.24) is 20.4 Å². The van der Waals surface area contributed by atoms with Crippen LogP contribution in [0.4, 0.5) is 0 Å². The molecule has 1 amide bonds. The second kappa shape index (κ2) is 25.5. The molecule has 0 saturated carbocycles. The van der Waals surface area contributed by atoms with Crippen molar-refractivity contribution < 1.29 is 28.9 Å². The lowest BCUT2D eigenvalue weighted by Gasteiger charge is -2.60. The molecule has 9 atom stereocenters. The van der Waals surface area contributed by atoms with E-state index < -0.39 is 11.8 Å². The van der Waals surface area contributed by atoms with Crippen LogP contribution in [0.1, 0.15) is 187 Å².